The minimum absolute atomic E-state index is 0.194. The summed E-state index contributed by atoms with van der Waals surface area (Å²) in [5.41, 5.74) is 0. The number of rotatable bonds is 1. The predicted molar refractivity (Wildman–Crippen MR) is 20.3 cm³/mol. The Morgan fingerprint density at radius 2 is 2.20 bits per heavy atom. The molecule has 0 fully saturated rings. The first-order valence-electron chi connectivity index (χ1n) is 1.07. The van der Waals surface area contributed by atoms with Crippen molar-refractivity contribution in [3.8, 4) is 0 Å². The molecule has 0 heterocycles. The molecule has 2 N–H and O–H groups in total. The zero-order chi connectivity index (χ0) is 4.28. The Hall–Kier alpha value is -0.240. The van der Waals surface area contributed by atoms with Gasteiger partial charge in [0.2, 0.25) is 0 Å². The normalized spacial score (nSPS) is 7.40. The monoisotopic (exact) mass is 95.0 g/mol. The maximum Gasteiger partial charge on any atom is 0.495 e. The molecule has 0 amide bonds. The van der Waals surface area contributed by atoms with Crippen LogP contribution in [0.25, 0.3) is 0 Å². The third-order valence-corrected chi connectivity index (χ3v) is 0.359. The highest BCUT2D eigenvalue weighted by molar-refractivity contribution is 6.26. The first-order valence-corrected chi connectivity index (χ1v) is 1.60. The number of hydrogen-bond acceptors (Lipinski definition) is 0. The van der Waals surface area contributed by atoms with Crippen LogP contribution in [0.3, 0.4) is 0 Å². The van der Waals surface area contributed by atoms with Crippen molar-refractivity contribution in [2.45, 2.75) is 0 Å². The Morgan fingerprint density at radius 3 is 2.20 bits per heavy atom. The van der Waals surface area contributed by atoms with E-state index in [1.165, 1.54) is 0 Å². The van der Waals surface area contributed by atoms with Gasteiger partial charge in [0.05, 0.1) is 0 Å². The minimum Gasteiger partial charge on any atom is -0.338 e. The van der Waals surface area contributed by atoms with Gasteiger partial charge in [0.25, 0.3) is 0 Å². The van der Waals surface area contributed by atoms with Crippen LogP contribution in [0.4, 0.5) is 0 Å². The average molecular weight is 95.5 g/mol. The van der Waals surface area contributed by atoms with Gasteiger partial charge in [0, 0.05) is 0 Å². The number of carboxylic acid groups (broad SMARTS) is 1. The number of aliphatic carboxylic acids is 1. The van der Waals surface area contributed by atoms with Crippen molar-refractivity contribution in [2.75, 3.05) is 5.88 Å². The van der Waals surface area contributed by atoms with Gasteiger partial charge >= 0.3 is 5.97 Å². The number of halogens is 1. The smallest absolute Gasteiger partial charge is 0.338 e. The fraction of sp³-hybridized carbons (Fsp3) is 0.500. The second-order valence-corrected chi connectivity index (χ2v) is 0.817. The summed E-state index contributed by atoms with van der Waals surface area (Å²) in [5, 5.41) is 7.70. The molecule has 2 nitrogen and oxygen atoms in total. The molecule has 0 saturated carbocycles. The number of carboxylic acids is 1. The van der Waals surface area contributed by atoms with Crippen LogP contribution in [0.2, 0.25) is 0 Å². The van der Waals surface area contributed by atoms with Gasteiger partial charge in [0.1, 0.15) is 0 Å². The van der Waals surface area contributed by atoms with Gasteiger partial charge in [-0.1, -0.05) is 0 Å². The summed E-state index contributed by atoms with van der Waals surface area (Å²) in [6.07, 6.45) is 0. The molecule has 0 saturated heterocycles. The Morgan fingerprint density at radius 1 is 2.00 bits per heavy atom. The standard InChI is InChI=1S/C2H3ClO2/c3-1-2(4)5/h1H2,(H,4,5)/p+1. The maximum absolute atomic E-state index is 7.70. The van der Waals surface area contributed by atoms with Crippen LogP contribution in [0.1, 0.15) is 0 Å². The minimum atomic E-state index is -0.730. The molecule has 0 aromatic carbocycles. The Kier molecular flexibility index (Phi) is 1.93. The van der Waals surface area contributed by atoms with E-state index in [-0.39, 0.29) is 5.88 Å². The first-order chi connectivity index (χ1) is 2.27. The van der Waals surface area contributed by atoms with Crippen LogP contribution in [-0.4, -0.2) is 21.8 Å². The highest BCUT2D eigenvalue weighted by Crippen LogP contribution is 1.67. The second kappa shape index (κ2) is 2.03. The first kappa shape index (κ1) is 4.76. The van der Waals surface area contributed by atoms with E-state index in [4.69, 9.17) is 21.5 Å². The Bertz CT molecular complexity index is 42.9. The van der Waals surface area contributed by atoms with E-state index in [0.717, 1.165) is 0 Å². The Balaban J connectivity index is 2.85. The summed E-state index contributed by atoms with van der Waals surface area (Å²) in [6.45, 7) is 0. The largest absolute Gasteiger partial charge is 0.495 e. The Labute approximate surface area is 34.4 Å². The fourth-order valence-corrected chi connectivity index (χ4v) is 0. The molecule has 0 aliphatic carbocycles. The summed E-state index contributed by atoms with van der Waals surface area (Å²) in [7, 11) is 0. The third kappa shape index (κ3) is 3.76. The van der Waals surface area contributed by atoms with Crippen molar-refractivity contribution in [1.29, 1.82) is 0 Å². The van der Waals surface area contributed by atoms with Crippen LogP contribution in [-0.2, 0) is 0 Å². The summed E-state index contributed by atoms with van der Waals surface area (Å²) in [6, 6.07) is 0. The second-order valence-electron chi connectivity index (χ2n) is 0.550. The van der Waals surface area contributed by atoms with Crippen LogP contribution in [0.15, 0.2) is 0 Å². The molecular formula is C2H4ClO2+. The van der Waals surface area contributed by atoms with Crippen molar-refractivity contribution in [3.05, 3.63) is 0 Å². The number of alkyl halides is 1. The van der Waals surface area contributed by atoms with Gasteiger partial charge in [-0.05, 0) is 0 Å². The lowest BCUT2D eigenvalue weighted by Crippen LogP contribution is -1.93. The van der Waals surface area contributed by atoms with E-state index < -0.39 is 5.97 Å². The molecule has 0 radical (unpaired) electrons. The van der Waals surface area contributed by atoms with E-state index in [2.05, 4.69) is 0 Å². The molecule has 0 aliphatic rings. The molecule has 0 aliphatic heterocycles. The molecule has 0 bridgehead atoms. The van der Waals surface area contributed by atoms with Gasteiger partial charge < -0.3 is 9.90 Å². The molecule has 0 spiro atoms. The maximum atomic E-state index is 7.70. The van der Waals surface area contributed by atoms with Crippen LogP contribution in [0, 0.1) is 0 Å². The fourth-order valence-electron chi connectivity index (χ4n) is 0. The van der Waals surface area contributed by atoms with Gasteiger partial charge in [-0.15, -0.1) is 11.6 Å². The zero-order valence-electron chi connectivity index (χ0n) is 2.48. The van der Waals surface area contributed by atoms with Crippen molar-refractivity contribution in [3.63, 3.8) is 0 Å². The van der Waals surface area contributed by atoms with E-state index in [0.29, 0.717) is 0 Å². The van der Waals surface area contributed by atoms with E-state index in [1.807, 2.05) is 0 Å². The summed E-state index contributed by atoms with van der Waals surface area (Å²) in [5.74, 6) is -0.924. The van der Waals surface area contributed by atoms with Gasteiger partial charge in [0.15, 0.2) is 5.88 Å². The molecule has 0 unspecified atom stereocenters. The van der Waals surface area contributed by atoms with Crippen molar-refractivity contribution >= 4 is 17.6 Å². The third-order valence-electron chi connectivity index (χ3n) is 0.120. The van der Waals surface area contributed by atoms with Crippen LogP contribution < -0.4 is 0 Å². The van der Waals surface area contributed by atoms with Crippen molar-refractivity contribution in [2.24, 2.45) is 0 Å². The molecule has 0 atom stereocenters. The highest BCUT2D eigenvalue weighted by atomic mass is 35.5. The molecule has 0 rings (SSSR count). The molecule has 5 heavy (non-hydrogen) atoms. The summed E-state index contributed by atoms with van der Waals surface area (Å²) in [4.78, 5) is 7.70. The van der Waals surface area contributed by atoms with Crippen LogP contribution >= 0.6 is 11.6 Å². The molecule has 30 valence electrons. The van der Waals surface area contributed by atoms with E-state index in [9.17, 15) is 0 Å². The summed E-state index contributed by atoms with van der Waals surface area (Å²) >= 11 is 4.80. The van der Waals surface area contributed by atoms with E-state index >= 15 is 0 Å². The lowest BCUT2D eigenvalue weighted by Gasteiger charge is -1.60. The molecule has 0 aromatic rings. The van der Waals surface area contributed by atoms with Gasteiger partial charge in [-0.3, -0.25) is 0 Å². The van der Waals surface area contributed by atoms with Gasteiger partial charge in [-0.2, -0.15) is 0 Å². The van der Waals surface area contributed by atoms with Crippen LogP contribution in [0.5, 0.6) is 0 Å². The van der Waals surface area contributed by atoms with Crippen molar-refractivity contribution < 1.29 is 9.90 Å². The van der Waals surface area contributed by atoms with E-state index in [1.54, 1.807) is 0 Å². The quantitative estimate of drug-likeness (QED) is 0.369. The predicted octanol–water partition coefficient (Wildman–Crippen LogP) is 0.286. The average Bonchev–Trinajstić information content (AvgIpc) is 1.38. The molecule has 3 heteroatoms. The zero-order valence-corrected chi connectivity index (χ0v) is 3.24. The number of hydrogen-bond donors (Lipinski definition) is 1. The SMILES string of the molecule is OC(=[OH+])CCl. The topological polar surface area (TPSA) is 41.6 Å². The number of aliphatic hydroxyl groups excluding tert-OH is 1. The highest BCUT2D eigenvalue weighted by Gasteiger charge is 1.94. The molecule has 0 aromatic heterocycles. The summed E-state index contributed by atoms with van der Waals surface area (Å²) < 4.78 is 0. The molecular weight excluding hydrogens is 91.5 g/mol. The lowest BCUT2D eigenvalue weighted by atomic mass is 10.8. The van der Waals surface area contributed by atoms with Gasteiger partial charge in [-0.25, -0.2) is 0 Å². The van der Waals surface area contributed by atoms with Crippen molar-refractivity contribution in [1.82, 2.24) is 0 Å². The lowest BCUT2D eigenvalue weighted by molar-refractivity contribution is 0.457.